The number of carbonyl (C=O) groups excluding carboxylic acids is 3. The summed E-state index contributed by atoms with van der Waals surface area (Å²) in [6, 6.07) is 11.0. The third-order valence-electron chi connectivity index (χ3n) is 16.6. The number of rotatable bonds is 9. The summed E-state index contributed by atoms with van der Waals surface area (Å²) in [5.74, 6) is -1.54. The molecule has 6 bridgehead atoms. The van der Waals surface area contributed by atoms with Crippen molar-refractivity contribution < 1.29 is 28.2 Å². The highest BCUT2D eigenvalue weighted by atomic mass is 32.1. The summed E-state index contributed by atoms with van der Waals surface area (Å²) in [4.78, 5) is 67.9. The Bertz CT molecular complexity index is 2830. The van der Waals surface area contributed by atoms with Gasteiger partial charge in [-0.3, -0.25) is 34.2 Å². The van der Waals surface area contributed by atoms with Gasteiger partial charge in [0.25, 0.3) is 5.91 Å². The maximum atomic E-state index is 15.3. The van der Waals surface area contributed by atoms with Gasteiger partial charge in [0.15, 0.2) is 0 Å². The largest absolute Gasteiger partial charge is 0.464 e. The lowest BCUT2D eigenvalue weighted by molar-refractivity contribution is -0.159. The molecule has 4 aliphatic heterocycles. The number of benzene rings is 1. The highest BCUT2D eigenvalue weighted by Gasteiger charge is 2.58. The van der Waals surface area contributed by atoms with Gasteiger partial charge >= 0.3 is 5.97 Å². The second-order valence-corrected chi connectivity index (χ2v) is 23.2. The van der Waals surface area contributed by atoms with Crippen molar-refractivity contribution in [1.29, 1.82) is 0 Å². The lowest BCUT2D eigenvalue weighted by Crippen LogP contribution is -2.68. The van der Waals surface area contributed by atoms with Gasteiger partial charge < -0.3 is 19.4 Å². The number of halogens is 1. The van der Waals surface area contributed by atoms with Crippen molar-refractivity contribution in [3.05, 3.63) is 82.5 Å². The number of aromatic nitrogens is 5. The van der Waals surface area contributed by atoms with Crippen LogP contribution in [0.25, 0.3) is 33.4 Å². The third-order valence-corrected chi connectivity index (χ3v) is 17.5. The Hall–Kier alpha value is -5.20. The summed E-state index contributed by atoms with van der Waals surface area (Å²) in [6.07, 6.45) is 9.02. The molecule has 70 heavy (non-hydrogen) atoms. The lowest BCUT2D eigenvalue weighted by atomic mass is 9.62. The molecule has 12 rings (SSSR count). The molecular formula is C53H63FN10O5S. The number of hydrogen-bond acceptors (Lipinski definition) is 13. The first-order valence-electron chi connectivity index (χ1n) is 25.3. The molecule has 3 aliphatic carbocycles. The highest BCUT2D eigenvalue weighted by Crippen LogP contribution is 2.55. The fraction of sp³-hybridized carbons (Fsp3) is 0.566. The van der Waals surface area contributed by atoms with Crippen molar-refractivity contribution >= 4 is 40.0 Å². The number of cyclic esters (lactones) is 1. The van der Waals surface area contributed by atoms with Gasteiger partial charge in [0.05, 0.1) is 41.9 Å². The molecule has 3 saturated carbocycles. The Kier molecular flexibility index (Phi) is 11.5. The summed E-state index contributed by atoms with van der Waals surface area (Å²) in [6.45, 7) is 11.9. The summed E-state index contributed by atoms with van der Waals surface area (Å²) < 4.78 is 29.3. The number of carbonyl (C=O) groups is 3. The van der Waals surface area contributed by atoms with Crippen LogP contribution < -0.4 is 10.7 Å². The van der Waals surface area contributed by atoms with Crippen LogP contribution in [0.4, 0.5) is 4.39 Å². The van der Waals surface area contributed by atoms with Gasteiger partial charge in [-0.05, 0) is 93.7 Å². The van der Waals surface area contributed by atoms with E-state index >= 15 is 4.79 Å². The predicted octanol–water partition coefficient (Wildman–Crippen LogP) is 6.97. The second kappa shape index (κ2) is 17.5. The number of esters is 1. The SMILES string of the molecule is CO[C@@H](C)c1ncccc1-c1c2c3cc(ccc3n1C1CN(C3CC3)C1)-c1csc(n1)[C@@H](N1CC3(CC(F)C3)C1)[C@H](NC(=O)[C@@H]1[C@@H](C)[C@H]1c1ccncn1)C(=O)N1CCC[C@H](N1)C(=O)OCC(C)(C)C2. The first kappa shape index (κ1) is 45.9. The number of likely N-dealkylation sites (tertiary alicyclic amines) is 2. The molecule has 0 unspecified atom stereocenters. The number of fused-ring (bicyclic) bond motifs is 6. The number of hydrogen-bond donors (Lipinski definition) is 2. The first-order valence-corrected chi connectivity index (χ1v) is 26.2. The van der Waals surface area contributed by atoms with Crippen molar-refractivity contribution in [3.8, 4) is 22.5 Å². The third kappa shape index (κ3) is 8.13. The summed E-state index contributed by atoms with van der Waals surface area (Å²) in [5.41, 5.74) is 10.3. The molecule has 17 heteroatoms. The number of nitrogens with zero attached hydrogens (tertiary/aromatic N) is 8. The maximum Gasteiger partial charge on any atom is 0.324 e. The van der Waals surface area contributed by atoms with Crippen molar-refractivity contribution in [2.45, 2.75) is 121 Å². The molecule has 1 spiro atoms. The highest BCUT2D eigenvalue weighted by molar-refractivity contribution is 7.10. The van der Waals surface area contributed by atoms with Crippen LogP contribution in [0.1, 0.15) is 112 Å². The monoisotopic (exact) mass is 970 g/mol. The molecule has 4 aromatic heterocycles. The van der Waals surface area contributed by atoms with Gasteiger partial charge in [0.1, 0.15) is 29.6 Å². The van der Waals surface area contributed by atoms with E-state index in [0.717, 1.165) is 63.5 Å². The molecule has 15 nitrogen and oxygen atoms in total. The van der Waals surface area contributed by atoms with Crippen molar-refractivity contribution in [1.82, 2.24) is 50.1 Å². The number of nitrogens with one attached hydrogen (secondary N) is 2. The fourth-order valence-corrected chi connectivity index (χ4v) is 13.6. The second-order valence-electron chi connectivity index (χ2n) is 22.3. The minimum absolute atomic E-state index is 0.000815. The van der Waals surface area contributed by atoms with Crippen LogP contribution in [0, 0.1) is 22.7 Å². The Labute approximate surface area is 411 Å². The molecule has 5 aromatic rings. The van der Waals surface area contributed by atoms with E-state index in [-0.39, 0.29) is 47.8 Å². The molecule has 1 aromatic carbocycles. The van der Waals surface area contributed by atoms with Crippen molar-refractivity contribution in [2.24, 2.45) is 22.7 Å². The molecule has 2 N–H and O–H groups in total. The van der Waals surface area contributed by atoms with Gasteiger partial charge in [-0.15, -0.1) is 11.3 Å². The van der Waals surface area contributed by atoms with Gasteiger partial charge in [-0.1, -0.05) is 26.8 Å². The summed E-state index contributed by atoms with van der Waals surface area (Å²) in [7, 11) is 1.72. The van der Waals surface area contributed by atoms with Crippen LogP contribution in [0.15, 0.2) is 60.5 Å². The van der Waals surface area contributed by atoms with Crippen LogP contribution in [0.2, 0.25) is 0 Å². The smallest absolute Gasteiger partial charge is 0.324 e. The molecule has 7 atom stereocenters. The van der Waals surface area contributed by atoms with Crippen LogP contribution in [0.5, 0.6) is 0 Å². The minimum Gasteiger partial charge on any atom is -0.464 e. The Morgan fingerprint density at radius 3 is 2.60 bits per heavy atom. The van der Waals surface area contributed by atoms with E-state index in [2.05, 4.69) is 78.6 Å². The predicted molar refractivity (Wildman–Crippen MR) is 262 cm³/mol. The average Bonchev–Trinajstić information content (AvgIpc) is 4.21. The van der Waals surface area contributed by atoms with E-state index in [9.17, 15) is 14.0 Å². The zero-order valence-electron chi connectivity index (χ0n) is 40.6. The number of alkyl halides is 1. The maximum absolute atomic E-state index is 15.3. The van der Waals surface area contributed by atoms with Gasteiger partial charge in [0.2, 0.25) is 5.91 Å². The number of methoxy groups -OCH3 is 1. The first-order chi connectivity index (χ1) is 33.8. The van der Waals surface area contributed by atoms with E-state index in [4.69, 9.17) is 19.4 Å². The lowest BCUT2D eigenvalue weighted by Gasteiger charge is -2.59. The Morgan fingerprint density at radius 2 is 1.86 bits per heavy atom. The zero-order valence-corrected chi connectivity index (χ0v) is 41.5. The molecule has 6 fully saturated rings. The van der Waals surface area contributed by atoms with E-state index < -0.39 is 41.6 Å². The van der Waals surface area contributed by atoms with Crippen molar-refractivity contribution in [3.63, 3.8) is 0 Å². The number of thiazole rings is 1. The van der Waals surface area contributed by atoms with Crippen LogP contribution in [0.3, 0.4) is 0 Å². The normalized spacial score (nSPS) is 28.6. The van der Waals surface area contributed by atoms with E-state index in [1.807, 2.05) is 32.2 Å². The van der Waals surface area contributed by atoms with Crippen LogP contribution >= 0.6 is 11.3 Å². The zero-order chi connectivity index (χ0) is 48.2. The quantitative estimate of drug-likeness (QED) is 0.146. The molecule has 2 amide bonds. The Morgan fingerprint density at radius 1 is 1.04 bits per heavy atom. The van der Waals surface area contributed by atoms with E-state index in [1.165, 1.54) is 35.5 Å². The fourth-order valence-electron chi connectivity index (χ4n) is 12.6. The van der Waals surface area contributed by atoms with Gasteiger partial charge in [-0.25, -0.2) is 24.8 Å². The molecule has 7 aliphatic rings. The van der Waals surface area contributed by atoms with E-state index in [0.29, 0.717) is 62.8 Å². The average molecular weight is 971 g/mol. The van der Waals surface area contributed by atoms with Crippen molar-refractivity contribution in [2.75, 3.05) is 46.4 Å². The van der Waals surface area contributed by atoms with Crippen LogP contribution in [-0.2, 0) is 30.3 Å². The molecular weight excluding hydrogens is 908 g/mol. The molecule has 8 heterocycles. The Balaban J connectivity index is 0.995. The molecule has 368 valence electrons. The number of hydrazine groups is 1. The van der Waals surface area contributed by atoms with Gasteiger partial charge in [-0.2, -0.15) is 0 Å². The number of ether oxygens (including phenoxy) is 2. The van der Waals surface area contributed by atoms with Crippen LogP contribution in [-0.4, -0.2) is 128 Å². The topological polar surface area (TPSA) is 160 Å². The molecule has 3 saturated heterocycles. The standard InChI is InChI=1S/C53H63FN10O5S/c1-29-42(38-14-16-55-28-57-38)43(29)48(65)59-45-47(62-25-53(26-62)19-32(54)20-53)49-58-40(24-70-49)31-10-13-41-36(18-31)37(21-52(3,4)27-69-51(67)39-9-7-17-63(60-39)50(45)66)46(35-8-6-15-56-44(35)30(2)68-5)64(41)34-22-61(23-34)33-11-12-33/h6,8,10,13-16,18,24,28-30,32-34,39,42-43,45,47,60H,7,9,11-12,17,19-23,25-27H2,1-5H3,(H,59,65)/t29-,30-,39-,42-,43+,45-,47-/m0/s1. The summed E-state index contributed by atoms with van der Waals surface area (Å²) in [5, 5.41) is 8.63. The van der Waals surface area contributed by atoms with E-state index in [1.54, 1.807) is 13.3 Å². The number of pyridine rings is 1. The summed E-state index contributed by atoms with van der Waals surface area (Å²) >= 11 is 1.48. The van der Waals surface area contributed by atoms with Gasteiger partial charge in [0, 0.05) is 114 Å². The minimum atomic E-state index is -1.07. The molecule has 0 radical (unpaired) electrons. The number of amides is 2.